The van der Waals surface area contributed by atoms with E-state index >= 15 is 0 Å². The van der Waals surface area contributed by atoms with Crippen LogP contribution in [0.15, 0.2) is 54.7 Å². The molecule has 1 aliphatic carbocycles. The summed E-state index contributed by atoms with van der Waals surface area (Å²) in [6.07, 6.45) is 4.62. The highest BCUT2D eigenvalue weighted by atomic mass is 16.3. The van der Waals surface area contributed by atoms with E-state index < -0.39 is 0 Å². The number of hydrogen-bond acceptors (Lipinski definition) is 3. The number of carbonyl (C=O) groups is 1. The van der Waals surface area contributed by atoms with Gasteiger partial charge in [0, 0.05) is 12.2 Å². The molecule has 3 rings (SSSR count). The molecule has 0 aliphatic heterocycles. The molecule has 3 N–H and O–H groups in total. The van der Waals surface area contributed by atoms with Crippen LogP contribution in [0, 0.1) is 0 Å². The molecule has 5 nitrogen and oxygen atoms in total. The zero-order valence-corrected chi connectivity index (χ0v) is 13.6. The van der Waals surface area contributed by atoms with E-state index in [4.69, 9.17) is 0 Å². The van der Waals surface area contributed by atoms with Gasteiger partial charge in [0.1, 0.15) is 0 Å². The molecule has 0 radical (unpaired) electrons. The highest BCUT2D eigenvalue weighted by Crippen LogP contribution is 2.21. The van der Waals surface area contributed by atoms with Crippen molar-refractivity contribution in [2.75, 3.05) is 0 Å². The first-order valence-corrected chi connectivity index (χ1v) is 8.43. The van der Waals surface area contributed by atoms with Gasteiger partial charge < -0.3 is 15.7 Å². The Morgan fingerprint density at radius 2 is 1.75 bits per heavy atom. The number of urea groups is 1. The third-order valence-electron chi connectivity index (χ3n) is 4.42. The number of aromatic nitrogens is 1. The molecule has 5 heteroatoms. The Bertz CT molecular complexity index is 601. The number of hydrogen-bond donors (Lipinski definition) is 3. The predicted octanol–water partition coefficient (Wildman–Crippen LogP) is 2.77. The Morgan fingerprint density at radius 3 is 2.42 bits per heavy atom. The number of rotatable bonds is 4. The molecule has 1 aromatic heterocycles. The van der Waals surface area contributed by atoms with Gasteiger partial charge in [0.2, 0.25) is 0 Å². The Morgan fingerprint density at radius 1 is 1.04 bits per heavy atom. The smallest absolute Gasteiger partial charge is 0.315 e. The van der Waals surface area contributed by atoms with Crippen LogP contribution in [0.3, 0.4) is 0 Å². The van der Waals surface area contributed by atoms with E-state index in [-0.39, 0.29) is 24.2 Å². The van der Waals surface area contributed by atoms with Crippen molar-refractivity contribution in [3.05, 3.63) is 66.0 Å². The summed E-state index contributed by atoms with van der Waals surface area (Å²) in [5, 5.41) is 15.6. The number of pyridine rings is 1. The number of nitrogens with one attached hydrogen (secondary N) is 2. The summed E-state index contributed by atoms with van der Waals surface area (Å²) in [5.41, 5.74) is 1.79. The number of nitrogens with zero attached hydrogens (tertiary/aromatic N) is 1. The predicted molar refractivity (Wildman–Crippen MR) is 92.5 cm³/mol. The Hall–Kier alpha value is -2.40. The first-order chi connectivity index (χ1) is 11.7. The van der Waals surface area contributed by atoms with E-state index in [0.29, 0.717) is 0 Å². The van der Waals surface area contributed by atoms with Gasteiger partial charge in [0.25, 0.3) is 0 Å². The van der Waals surface area contributed by atoms with Gasteiger partial charge >= 0.3 is 6.03 Å². The van der Waals surface area contributed by atoms with E-state index in [9.17, 15) is 9.90 Å². The summed E-state index contributed by atoms with van der Waals surface area (Å²) < 4.78 is 0. The average Bonchev–Trinajstić information content (AvgIpc) is 2.63. The minimum Gasteiger partial charge on any atom is -0.393 e. The van der Waals surface area contributed by atoms with Crippen molar-refractivity contribution >= 4 is 6.03 Å². The summed E-state index contributed by atoms with van der Waals surface area (Å²) in [5.74, 6) is 0. The number of benzene rings is 1. The van der Waals surface area contributed by atoms with Gasteiger partial charge in [-0.1, -0.05) is 36.4 Å². The fourth-order valence-electron chi connectivity index (χ4n) is 3.10. The molecule has 1 saturated carbocycles. The van der Waals surface area contributed by atoms with Crippen molar-refractivity contribution in [2.24, 2.45) is 0 Å². The summed E-state index contributed by atoms with van der Waals surface area (Å²) in [6, 6.07) is 15.1. The van der Waals surface area contributed by atoms with Crippen molar-refractivity contribution < 1.29 is 9.90 Å². The number of carbonyl (C=O) groups excluding carboxylic acids is 1. The lowest BCUT2D eigenvalue weighted by Crippen LogP contribution is -2.45. The van der Waals surface area contributed by atoms with Crippen LogP contribution in [-0.4, -0.2) is 28.3 Å². The Kier molecular flexibility index (Phi) is 5.43. The number of amides is 2. The second kappa shape index (κ2) is 7.93. The van der Waals surface area contributed by atoms with Crippen LogP contribution in [0.5, 0.6) is 0 Å². The van der Waals surface area contributed by atoms with Gasteiger partial charge in [-0.05, 0) is 43.4 Å². The van der Waals surface area contributed by atoms with Crippen molar-refractivity contribution in [3.63, 3.8) is 0 Å². The molecule has 0 bridgehead atoms. The summed E-state index contributed by atoms with van der Waals surface area (Å²) >= 11 is 0. The van der Waals surface area contributed by atoms with Crippen LogP contribution in [0.25, 0.3) is 0 Å². The van der Waals surface area contributed by atoms with Crippen molar-refractivity contribution in [3.8, 4) is 0 Å². The van der Waals surface area contributed by atoms with Gasteiger partial charge in [0.15, 0.2) is 0 Å². The SMILES string of the molecule is O=C(NC1CCC(O)CC1)NC(c1ccccc1)c1ccccn1. The molecule has 2 aromatic rings. The highest BCUT2D eigenvalue weighted by Gasteiger charge is 2.23. The molecular formula is C19H23N3O2. The number of aliphatic hydroxyl groups is 1. The van der Waals surface area contributed by atoms with Gasteiger partial charge in [-0.25, -0.2) is 4.79 Å². The van der Waals surface area contributed by atoms with Crippen molar-refractivity contribution in [1.29, 1.82) is 0 Å². The summed E-state index contributed by atoms with van der Waals surface area (Å²) in [4.78, 5) is 16.8. The third kappa shape index (κ3) is 4.32. The molecular weight excluding hydrogens is 302 g/mol. The second-order valence-electron chi connectivity index (χ2n) is 6.22. The largest absolute Gasteiger partial charge is 0.393 e. The Labute approximate surface area is 142 Å². The molecule has 1 heterocycles. The van der Waals surface area contributed by atoms with E-state index in [1.807, 2.05) is 48.5 Å². The lowest BCUT2D eigenvalue weighted by Gasteiger charge is -2.27. The average molecular weight is 325 g/mol. The van der Waals surface area contributed by atoms with Crippen LogP contribution in [0.1, 0.15) is 43.0 Å². The van der Waals surface area contributed by atoms with Crippen LogP contribution >= 0.6 is 0 Å². The lowest BCUT2D eigenvalue weighted by atomic mass is 9.93. The zero-order chi connectivity index (χ0) is 16.8. The molecule has 1 unspecified atom stereocenters. The molecule has 0 saturated heterocycles. The van der Waals surface area contributed by atoms with E-state index in [0.717, 1.165) is 36.9 Å². The first kappa shape index (κ1) is 16.5. The molecule has 24 heavy (non-hydrogen) atoms. The molecule has 1 atom stereocenters. The number of aliphatic hydroxyl groups excluding tert-OH is 1. The molecule has 1 fully saturated rings. The maximum atomic E-state index is 12.4. The maximum absolute atomic E-state index is 12.4. The molecule has 126 valence electrons. The molecule has 2 amide bonds. The third-order valence-corrected chi connectivity index (χ3v) is 4.42. The fourth-order valence-corrected chi connectivity index (χ4v) is 3.10. The van der Waals surface area contributed by atoms with Gasteiger partial charge in [0.05, 0.1) is 17.8 Å². The normalized spacial score (nSPS) is 21.7. The van der Waals surface area contributed by atoms with Crippen LogP contribution in [0.4, 0.5) is 4.79 Å². The van der Waals surface area contributed by atoms with Crippen LogP contribution in [0.2, 0.25) is 0 Å². The Balaban J connectivity index is 1.69. The van der Waals surface area contributed by atoms with Crippen molar-refractivity contribution in [2.45, 2.75) is 43.9 Å². The summed E-state index contributed by atoms with van der Waals surface area (Å²) in [6.45, 7) is 0. The van der Waals surface area contributed by atoms with Gasteiger partial charge in [-0.2, -0.15) is 0 Å². The second-order valence-corrected chi connectivity index (χ2v) is 6.22. The van der Waals surface area contributed by atoms with Crippen LogP contribution < -0.4 is 10.6 Å². The van der Waals surface area contributed by atoms with E-state index in [2.05, 4.69) is 15.6 Å². The van der Waals surface area contributed by atoms with Gasteiger partial charge in [-0.15, -0.1) is 0 Å². The van der Waals surface area contributed by atoms with E-state index in [1.165, 1.54) is 0 Å². The monoisotopic (exact) mass is 325 g/mol. The van der Waals surface area contributed by atoms with Gasteiger partial charge in [-0.3, -0.25) is 4.98 Å². The minimum atomic E-state index is -0.290. The van der Waals surface area contributed by atoms with Crippen molar-refractivity contribution in [1.82, 2.24) is 15.6 Å². The quantitative estimate of drug-likeness (QED) is 0.809. The first-order valence-electron chi connectivity index (χ1n) is 8.43. The lowest BCUT2D eigenvalue weighted by molar-refractivity contribution is 0.117. The fraction of sp³-hybridized carbons (Fsp3) is 0.368. The topological polar surface area (TPSA) is 74.2 Å². The zero-order valence-electron chi connectivity index (χ0n) is 13.6. The van der Waals surface area contributed by atoms with E-state index in [1.54, 1.807) is 6.20 Å². The highest BCUT2D eigenvalue weighted by molar-refractivity contribution is 5.75. The minimum absolute atomic E-state index is 0.119. The molecule has 1 aliphatic rings. The molecule has 0 spiro atoms. The van der Waals surface area contributed by atoms with Crippen LogP contribution in [-0.2, 0) is 0 Å². The summed E-state index contributed by atoms with van der Waals surface area (Å²) in [7, 11) is 0. The standard InChI is InChI=1S/C19H23N3O2/c23-16-11-9-15(10-12-16)21-19(24)22-18(14-6-2-1-3-7-14)17-8-4-5-13-20-17/h1-8,13,15-16,18,23H,9-12H2,(H2,21,22,24). The maximum Gasteiger partial charge on any atom is 0.315 e. The molecule has 1 aromatic carbocycles.